The van der Waals surface area contributed by atoms with Crippen LogP contribution in [0.1, 0.15) is 42.7 Å². The highest BCUT2D eigenvalue weighted by molar-refractivity contribution is 5.39. The monoisotopic (exact) mass is 255 g/mol. The number of benzene rings is 2. The molecule has 0 saturated heterocycles. The van der Waals surface area contributed by atoms with Crippen molar-refractivity contribution in [2.24, 2.45) is 5.73 Å². The molecule has 0 fully saturated rings. The Bertz CT molecular complexity index is 534. The van der Waals surface area contributed by atoms with E-state index in [0.29, 0.717) is 0 Å². The topological polar surface area (TPSA) is 35.2 Å². The van der Waals surface area contributed by atoms with Gasteiger partial charge >= 0.3 is 0 Å². The largest absolute Gasteiger partial charge is 0.486 e. The number of ether oxygens (including phenoxy) is 1. The Kier molecular flexibility index (Phi) is 4.23. The van der Waals surface area contributed by atoms with Crippen molar-refractivity contribution >= 4 is 0 Å². The fourth-order valence-electron chi connectivity index (χ4n) is 2.11. The zero-order valence-electron chi connectivity index (χ0n) is 11.8. The van der Waals surface area contributed by atoms with E-state index in [2.05, 4.69) is 38.1 Å². The molecule has 0 aromatic heterocycles. The van der Waals surface area contributed by atoms with Crippen LogP contribution in [0.3, 0.4) is 0 Å². The Balaban J connectivity index is 2.24. The van der Waals surface area contributed by atoms with Gasteiger partial charge in [0.05, 0.1) is 0 Å². The molecule has 2 rings (SSSR count). The molecule has 0 aliphatic rings. The maximum absolute atomic E-state index is 6.07. The van der Waals surface area contributed by atoms with Gasteiger partial charge in [-0.25, -0.2) is 0 Å². The molecular weight excluding hydrogens is 234 g/mol. The van der Waals surface area contributed by atoms with Gasteiger partial charge in [0.1, 0.15) is 11.9 Å². The van der Waals surface area contributed by atoms with Crippen LogP contribution in [0.15, 0.2) is 48.5 Å². The van der Waals surface area contributed by atoms with Crippen molar-refractivity contribution in [1.82, 2.24) is 0 Å². The van der Waals surface area contributed by atoms with Crippen LogP contribution in [0.4, 0.5) is 0 Å². The van der Waals surface area contributed by atoms with Crippen LogP contribution in [-0.4, -0.2) is 0 Å². The Labute approximate surface area is 115 Å². The number of hydrogen-bond acceptors (Lipinski definition) is 2. The lowest BCUT2D eigenvalue weighted by Gasteiger charge is -2.19. The van der Waals surface area contributed by atoms with E-state index in [4.69, 9.17) is 10.5 Å². The molecule has 0 aliphatic carbocycles. The average Bonchev–Trinajstić information content (AvgIpc) is 2.41. The third-order valence-corrected chi connectivity index (χ3v) is 3.23. The highest BCUT2D eigenvalue weighted by Crippen LogP contribution is 2.29. The second kappa shape index (κ2) is 5.89. The first kappa shape index (κ1) is 13.6. The minimum absolute atomic E-state index is 0.0152. The quantitative estimate of drug-likeness (QED) is 0.890. The third-order valence-electron chi connectivity index (χ3n) is 3.23. The van der Waals surface area contributed by atoms with Crippen LogP contribution >= 0.6 is 0 Å². The minimum atomic E-state index is -0.0297. The fraction of sp³-hybridized carbons (Fsp3) is 0.294. The molecule has 0 bridgehead atoms. The summed E-state index contributed by atoms with van der Waals surface area (Å²) in [5.41, 5.74) is 9.44. The van der Waals surface area contributed by atoms with Crippen molar-refractivity contribution in [2.45, 2.75) is 32.9 Å². The predicted octanol–water partition coefficient (Wildman–Crippen LogP) is 4.15. The van der Waals surface area contributed by atoms with Gasteiger partial charge in [-0.2, -0.15) is 0 Å². The second-order valence-corrected chi connectivity index (χ2v) is 5.00. The van der Waals surface area contributed by atoms with E-state index in [1.54, 1.807) is 0 Å². The first-order valence-corrected chi connectivity index (χ1v) is 6.65. The molecule has 2 heteroatoms. The zero-order valence-corrected chi connectivity index (χ0v) is 11.8. The lowest BCUT2D eigenvalue weighted by Crippen LogP contribution is -2.10. The van der Waals surface area contributed by atoms with Crippen LogP contribution in [0.2, 0.25) is 0 Å². The smallest absolute Gasteiger partial charge is 0.124 e. The summed E-state index contributed by atoms with van der Waals surface area (Å²) in [7, 11) is 0. The second-order valence-electron chi connectivity index (χ2n) is 5.00. The Morgan fingerprint density at radius 2 is 1.68 bits per heavy atom. The molecular formula is C17H21NO. The van der Waals surface area contributed by atoms with Crippen LogP contribution < -0.4 is 10.5 Å². The summed E-state index contributed by atoms with van der Waals surface area (Å²) in [5, 5.41) is 0. The van der Waals surface area contributed by atoms with E-state index in [1.165, 1.54) is 11.1 Å². The van der Waals surface area contributed by atoms with Gasteiger partial charge in [-0.05, 0) is 32.4 Å². The molecule has 2 unspecified atom stereocenters. The van der Waals surface area contributed by atoms with Crippen molar-refractivity contribution in [3.05, 3.63) is 65.2 Å². The predicted molar refractivity (Wildman–Crippen MR) is 79.3 cm³/mol. The first-order valence-electron chi connectivity index (χ1n) is 6.65. The summed E-state index contributed by atoms with van der Waals surface area (Å²) in [6.07, 6.45) is 0.0152. The summed E-state index contributed by atoms with van der Waals surface area (Å²) in [5.74, 6) is 0.872. The Morgan fingerprint density at radius 1 is 1.00 bits per heavy atom. The molecule has 0 radical (unpaired) electrons. The van der Waals surface area contributed by atoms with Gasteiger partial charge in [-0.15, -0.1) is 0 Å². The van der Waals surface area contributed by atoms with E-state index >= 15 is 0 Å². The highest BCUT2D eigenvalue weighted by atomic mass is 16.5. The van der Waals surface area contributed by atoms with Crippen LogP contribution in [-0.2, 0) is 0 Å². The van der Waals surface area contributed by atoms with E-state index in [9.17, 15) is 0 Å². The maximum atomic E-state index is 6.07. The summed E-state index contributed by atoms with van der Waals surface area (Å²) < 4.78 is 6.07. The molecule has 0 saturated carbocycles. The van der Waals surface area contributed by atoms with E-state index in [-0.39, 0.29) is 12.1 Å². The highest BCUT2D eigenvalue weighted by Gasteiger charge is 2.12. The van der Waals surface area contributed by atoms with Crippen molar-refractivity contribution in [1.29, 1.82) is 0 Å². The van der Waals surface area contributed by atoms with Crippen LogP contribution in [0, 0.1) is 6.92 Å². The molecule has 2 atom stereocenters. The van der Waals surface area contributed by atoms with Crippen molar-refractivity contribution in [3.8, 4) is 5.75 Å². The van der Waals surface area contributed by atoms with Gasteiger partial charge in [-0.1, -0.05) is 48.0 Å². The number of aryl methyl sites for hydroxylation is 1. The molecule has 2 aromatic carbocycles. The minimum Gasteiger partial charge on any atom is -0.486 e. The van der Waals surface area contributed by atoms with Crippen molar-refractivity contribution in [3.63, 3.8) is 0 Å². The van der Waals surface area contributed by atoms with E-state index < -0.39 is 0 Å². The molecule has 0 amide bonds. The normalized spacial score (nSPS) is 13.9. The van der Waals surface area contributed by atoms with Gasteiger partial charge in [0, 0.05) is 11.6 Å². The standard InChI is InChI=1S/C17H21NO/c1-12-9-10-17(16(11-12)13(2)18)19-14(3)15-7-5-4-6-8-15/h4-11,13-14H,18H2,1-3H3. The number of nitrogens with two attached hydrogens (primary N) is 1. The van der Waals surface area contributed by atoms with Crippen molar-refractivity contribution in [2.75, 3.05) is 0 Å². The summed E-state index contributed by atoms with van der Waals surface area (Å²) in [6.45, 7) is 6.10. The summed E-state index contributed by atoms with van der Waals surface area (Å²) in [4.78, 5) is 0. The third kappa shape index (κ3) is 3.36. The molecule has 0 heterocycles. The fourth-order valence-corrected chi connectivity index (χ4v) is 2.11. The van der Waals surface area contributed by atoms with E-state index in [1.807, 2.05) is 31.2 Å². The number of hydrogen-bond donors (Lipinski definition) is 1. The van der Waals surface area contributed by atoms with Crippen molar-refractivity contribution < 1.29 is 4.74 Å². The molecule has 19 heavy (non-hydrogen) atoms. The summed E-state index contributed by atoms with van der Waals surface area (Å²) >= 11 is 0. The number of rotatable bonds is 4. The van der Waals surface area contributed by atoms with Crippen LogP contribution in [0.25, 0.3) is 0 Å². The Hall–Kier alpha value is -1.80. The molecule has 0 aliphatic heterocycles. The van der Waals surface area contributed by atoms with Gasteiger partial charge in [0.25, 0.3) is 0 Å². The molecule has 2 aromatic rings. The molecule has 2 nitrogen and oxygen atoms in total. The molecule has 100 valence electrons. The Morgan fingerprint density at radius 3 is 2.32 bits per heavy atom. The van der Waals surface area contributed by atoms with Crippen LogP contribution in [0.5, 0.6) is 5.75 Å². The first-order chi connectivity index (χ1) is 9.08. The lowest BCUT2D eigenvalue weighted by atomic mass is 10.0. The summed E-state index contributed by atoms with van der Waals surface area (Å²) in [6, 6.07) is 16.3. The SMILES string of the molecule is Cc1ccc(OC(C)c2ccccc2)c(C(C)N)c1. The lowest BCUT2D eigenvalue weighted by molar-refractivity contribution is 0.223. The maximum Gasteiger partial charge on any atom is 0.124 e. The van der Waals surface area contributed by atoms with Gasteiger partial charge in [0.2, 0.25) is 0 Å². The average molecular weight is 255 g/mol. The van der Waals surface area contributed by atoms with Gasteiger partial charge < -0.3 is 10.5 Å². The molecule has 0 spiro atoms. The van der Waals surface area contributed by atoms with Gasteiger partial charge in [-0.3, -0.25) is 0 Å². The molecule has 2 N–H and O–H groups in total. The zero-order chi connectivity index (χ0) is 13.8. The van der Waals surface area contributed by atoms with Gasteiger partial charge in [0.15, 0.2) is 0 Å². The van der Waals surface area contributed by atoms with E-state index in [0.717, 1.165) is 11.3 Å².